The molecule has 1 aliphatic rings. The van der Waals surface area contributed by atoms with E-state index >= 15 is 0 Å². The number of nitrogens with zero attached hydrogens (tertiary/aromatic N) is 3. The Balaban J connectivity index is 1.33. The second-order valence-corrected chi connectivity index (χ2v) is 8.43. The maximum absolute atomic E-state index is 14.6. The number of amides is 1. The number of hydrogen-bond acceptors (Lipinski definition) is 8. The molecule has 3 heterocycles. The number of halogens is 1. The standard InChI is InChI=1S/C26H27FN6O4/c1-4-36-22-12-16(5-6-17(22)25-31-26(34)37-32-25)20-13-23(30-14-29-20)28-9-10-33-15(2)11-18-21(35-3)8-7-19(27)24(18)33/h5-8,11-14,25,32H,4,9-10H2,1-3H3,(H,31,34)(H,28,29,30). The van der Waals surface area contributed by atoms with Crippen LogP contribution in [0.5, 0.6) is 11.5 Å². The summed E-state index contributed by atoms with van der Waals surface area (Å²) in [5.74, 6) is 1.59. The highest BCUT2D eigenvalue weighted by molar-refractivity contribution is 5.88. The number of nitrogens with one attached hydrogen (secondary N) is 3. The van der Waals surface area contributed by atoms with E-state index in [1.807, 2.05) is 48.7 Å². The molecule has 0 radical (unpaired) electrons. The summed E-state index contributed by atoms with van der Waals surface area (Å²) < 4.78 is 27.8. The van der Waals surface area contributed by atoms with E-state index in [1.165, 1.54) is 12.4 Å². The number of fused-ring (bicyclic) bond motifs is 1. The molecule has 1 saturated heterocycles. The van der Waals surface area contributed by atoms with Gasteiger partial charge in [0.25, 0.3) is 0 Å². The molecule has 5 rings (SSSR count). The quantitative estimate of drug-likeness (QED) is 0.308. The molecule has 4 aromatic rings. The number of ether oxygens (including phenoxy) is 2. The van der Waals surface area contributed by atoms with E-state index in [0.717, 1.165) is 22.2 Å². The fourth-order valence-electron chi connectivity index (χ4n) is 4.46. The molecule has 37 heavy (non-hydrogen) atoms. The van der Waals surface area contributed by atoms with Gasteiger partial charge in [0, 0.05) is 41.4 Å². The molecule has 0 saturated carbocycles. The van der Waals surface area contributed by atoms with Crippen LogP contribution in [0.4, 0.5) is 15.0 Å². The van der Waals surface area contributed by atoms with Gasteiger partial charge in [-0.15, -0.1) is 5.48 Å². The Hall–Kier alpha value is -4.38. The van der Waals surface area contributed by atoms with Gasteiger partial charge in [0.15, 0.2) is 0 Å². The van der Waals surface area contributed by atoms with Crippen LogP contribution in [0.3, 0.4) is 0 Å². The summed E-state index contributed by atoms with van der Waals surface area (Å²) >= 11 is 0. The zero-order chi connectivity index (χ0) is 25.9. The smallest absolute Gasteiger partial charge is 0.427 e. The van der Waals surface area contributed by atoms with Gasteiger partial charge in [-0.05, 0) is 38.1 Å². The summed E-state index contributed by atoms with van der Waals surface area (Å²) in [6, 6.07) is 12.4. The topological polar surface area (TPSA) is 112 Å². The average Bonchev–Trinajstić information content (AvgIpc) is 3.48. The number of anilines is 1. The van der Waals surface area contributed by atoms with Gasteiger partial charge >= 0.3 is 6.09 Å². The van der Waals surface area contributed by atoms with Crippen molar-refractivity contribution in [3.63, 3.8) is 0 Å². The zero-order valence-electron chi connectivity index (χ0n) is 20.7. The largest absolute Gasteiger partial charge is 0.496 e. The van der Waals surface area contributed by atoms with Gasteiger partial charge in [0.2, 0.25) is 0 Å². The molecule has 0 aliphatic carbocycles. The van der Waals surface area contributed by atoms with E-state index in [9.17, 15) is 9.18 Å². The molecule has 1 fully saturated rings. The van der Waals surface area contributed by atoms with Crippen molar-refractivity contribution in [3.05, 3.63) is 65.9 Å². The minimum atomic E-state index is -0.548. The van der Waals surface area contributed by atoms with Crippen LogP contribution in [0.15, 0.2) is 48.8 Å². The predicted octanol–water partition coefficient (Wildman–Crippen LogP) is 4.31. The molecular formula is C26H27FN6O4. The van der Waals surface area contributed by atoms with Gasteiger partial charge in [-0.2, -0.15) is 0 Å². The van der Waals surface area contributed by atoms with Crippen molar-refractivity contribution in [3.8, 4) is 22.8 Å². The molecule has 0 spiro atoms. The normalized spacial score (nSPS) is 14.9. The Kier molecular flexibility index (Phi) is 6.78. The molecular weight excluding hydrogens is 479 g/mol. The van der Waals surface area contributed by atoms with Crippen molar-refractivity contribution in [2.75, 3.05) is 25.6 Å². The minimum Gasteiger partial charge on any atom is -0.496 e. The lowest BCUT2D eigenvalue weighted by molar-refractivity contribution is 0.121. The molecule has 2 aromatic heterocycles. The number of hydroxylamine groups is 1. The van der Waals surface area contributed by atoms with Crippen molar-refractivity contribution in [2.45, 2.75) is 26.6 Å². The lowest BCUT2D eigenvalue weighted by Gasteiger charge is -2.16. The Morgan fingerprint density at radius 3 is 2.78 bits per heavy atom. The fourth-order valence-corrected chi connectivity index (χ4v) is 4.46. The molecule has 3 N–H and O–H groups in total. The van der Waals surface area contributed by atoms with Gasteiger partial charge in [-0.25, -0.2) is 19.2 Å². The summed E-state index contributed by atoms with van der Waals surface area (Å²) in [5, 5.41) is 6.73. The predicted molar refractivity (Wildman–Crippen MR) is 136 cm³/mol. The summed E-state index contributed by atoms with van der Waals surface area (Å²) in [5.41, 5.74) is 6.35. The first-order chi connectivity index (χ1) is 18.0. The highest BCUT2D eigenvalue weighted by Crippen LogP contribution is 2.32. The highest BCUT2D eigenvalue weighted by atomic mass is 19.1. The fraction of sp³-hybridized carbons (Fsp3) is 0.269. The van der Waals surface area contributed by atoms with Crippen LogP contribution in [0.2, 0.25) is 0 Å². The second-order valence-electron chi connectivity index (χ2n) is 8.43. The first-order valence-corrected chi connectivity index (χ1v) is 11.9. The van der Waals surface area contributed by atoms with Gasteiger partial charge < -0.3 is 24.2 Å². The number of hydrogen-bond donors (Lipinski definition) is 3. The molecule has 192 valence electrons. The van der Waals surface area contributed by atoms with E-state index in [-0.39, 0.29) is 5.82 Å². The third-order valence-electron chi connectivity index (χ3n) is 6.16. The zero-order valence-corrected chi connectivity index (χ0v) is 20.7. The lowest BCUT2D eigenvalue weighted by Crippen LogP contribution is -2.23. The molecule has 0 bridgehead atoms. The number of carbonyl (C=O) groups excluding carboxylic acids is 1. The van der Waals surface area contributed by atoms with Crippen LogP contribution in [0, 0.1) is 12.7 Å². The van der Waals surface area contributed by atoms with Crippen LogP contribution in [-0.2, 0) is 11.4 Å². The van der Waals surface area contributed by atoms with Crippen LogP contribution in [0.1, 0.15) is 24.3 Å². The maximum Gasteiger partial charge on any atom is 0.427 e. The minimum absolute atomic E-state index is 0.291. The number of carbonyl (C=O) groups is 1. The first kappa shape index (κ1) is 24.3. The van der Waals surface area contributed by atoms with E-state index in [2.05, 4.69) is 26.1 Å². The summed E-state index contributed by atoms with van der Waals surface area (Å²) in [4.78, 5) is 24.9. The Morgan fingerprint density at radius 2 is 2.03 bits per heavy atom. The van der Waals surface area contributed by atoms with Crippen LogP contribution < -0.4 is 25.6 Å². The second kappa shape index (κ2) is 10.3. The first-order valence-electron chi connectivity index (χ1n) is 11.9. The lowest BCUT2D eigenvalue weighted by atomic mass is 10.1. The highest BCUT2D eigenvalue weighted by Gasteiger charge is 2.26. The number of aryl methyl sites for hydroxylation is 1. The van der Waals surface area contributed by atoms with Crippen LogP contribution >= 0.6 is 0 Å². The Morgan fingerprint density at radius 1 is 1.16 bits per heavy atom. The van der Waals surface area contributed by atoms with Crippen molar-refractivity contribution < 1.29 is 23.5 Å². The number of benzene rings is 2. The third-order valence-corrected chi connectivity index (χ3v) is 6.16. The maximum atomic E-state index is 14.6. The number of rotatable bonds is 9. The molecule has 11 heteroatoms. The van der Waals surface area contributed by atoms with Crippen LogP contribution in [-0.4, -0.2) is 40.9 Å². The summed E-state index contributed by atoms with van der Waals surface area (Å²) in [6.45, 7) is 5.34. The van der Waals surface area contributed by atoms with E-state index in [1.54, 1.807) is 13.2 Å². The van der Waals surface area contributed by atoms with Crippen molar-refractivity contribution in [1.29, 1.82) is 0 Å². The molecule has 2 aromatic carbocycles. The molecule has 1 unspecified atom stereocenters. The van der Waals surface area contributed by atoms with E-state index in [4.69, 9.17) is 14.3 Å². The van der Waals surface area contributed by atoms with Crippen LogP contribution in [0.25, 0.3) is 22.2 Å². The van der Waals surface area contributed by atoms with E-state index in [0.29, 0.717) is 48.2 Å². The summed E-state index contributed by atoms with van der Waals surface area (Å²) in [7, 11) is 1.58. The van der Waals surface area contributed by atoms with Crippen molar-refractivity contribution in [1.82, 2.24) is 25.3 Å². The van der Waals surface area contributed by atoms with Gasteiger partial charge in [-0.3, -0.25) is 5.32 Å². The number of methoxy groups -OCH3 is 1. The molecule has 1 aliphatic heterocycles. The van der Waals surface area contributed by atoms with Gasteiger partial charge in [0.05, 0.1) is 24.9 Å². The van der Waals surface area contributed by atoms with Crippen molar-refractivity contribution >= 4 is 22.8 Å². The number of aromatic nitrogens is 3. The summed E-state index contributed by atoms with van der Waals surface area (Å²) in [6.07, 6.45) is 0.427. The third kappa shape index (κ3) is 4.85. The van der Waals surface area contributed by atoms with Crippen molar-refractivity contribution in [2.24, 2.45) is 0 Å². The monoisotopic (exact) mass is 506 g/mol. The molecule has 10 nitrogen and oxygen atoms in total. The Labute approximate surface area is 212 Å². The molecule has 1 atom stereocenters. The Bertz CT molecular complexity index is 1460. The van der Waals surface area contributed by atoms with E-state index < -0.39 is 12.3 Å². The SMILES string of the molecule is CCOc1cc(-c2cc(NCCn3c(C)cc4c(OC)ccc(F)c43)ncn2)ccc1C1NOC(=O)N1. The van der Waals surface area contributed by atoms with Gasteiger partial charge in [0.1, 0.15) is 35.6 Å². The average molecular weight is 507 g/mol. The molecule has 1 amide bonds. The van der Waals surface area contributed by atoms with Gasteiger partial charge in [-0.1, -0.05) is 12.1 Å².